The Balaban J connectivity index is 2.17. The van der Waals surface area contributed by atoms with Crippen LogP contribution >= 0.6 is 11.3 Å². The van der Waals surface area contributed by atoms with E-state index in [9.17, 15) is 4.79 Å². The molecule has 1 aromatic rings. The fourth-order valence-corrected chi connectivity index (χ4v) is 2.80. The number of thiophene rings is 1. The van der Waals surface area contributed by atoms with Gasteiger partial charge in [0.25, 0.3) is 0 Å². The normalized spacial score (nSPS) is 18.3. The number of carbonyl (C=O) groups is 1. The molecule has 82 valence electrons. The standard InChI is InChI=1S/C12H17NOS/c1-12(2,13-6-3-4-7-13)11(14)10-5-8-15-9-10/h5,8-9H,3-4,6-7H2,1-2H3. The molecule has 1 fully saturated rings. The van der Waals surface area contributed by atoms with Crippen LogP contribution in [0.1, 0.15) is 37.0 Å². The van der Waals surface area contributed by atoms with Crippen molar-refractivity contribution in [3.8, 4) is 0 Å². The second-order valence-electron chi connectivity index (χ2n) is 4.59. The number of rotatable bonds is 3. The average Bonchev–Trinajstić information content (AvgIpc) is 2.89. The van der Waals surface area contributed by atoms with Crippen molar-refractivity contribution in [3.05, 3.63) is 22.4 Å². The fraction of sp³-hybridized carbons (Fsp3) is 0.583. The van der Waals surface area contributed by atoms with Gasteiger partial charge in [-0.3, -0.25) is 9.69 Å². The lowest BCUT2D eigenvalue weighted by Gasteiger charge is -2.33. The van der Waals surface area contributed by atoms with Crippen LogP contribution in [0.2, 0.25) is 0 Å². The summed E-state index contributed by atoms with van der Waals surface area (Å²) in [6.45, 7) is 6.20. The molecule has 0 amide bonds. The summed E-state index contributed by atoms with van der Waals surface area (Å²) in [5.74, 6) is 0.255. The first-order valence-corrected chi connectivity index (χ1v) is 6.39. The average molecular weight is 223 g/mol. The Morgan fingerprint density at radius 1 is 1.40 bits per heavy atom. The quantitative estimate of drug-likeness (QED) is 0.734. The van der Waals surface area contributed by atoms with Crippen molar-refractivity contribution in [2.24, 2.45) is 0 Å². The van der Waals surface area contributed by atoms with E-state index in [0.29, 0.717) is 0 Å². The first-order valence-electron chi connectivity index (χ1n) is 5.44. The Morgan fingerprint density at radius 2 is 2.07 bits per heavy atom. The molecule has 0 radical (unpaired) electrons. The SMILES string of the molecule is CC(C)(C(=O)c1ccsc1)N1CCCC1. The first kappa shape index (κ1) is 10.8. The highest BCUT2D eigenvalue weighted by atomic mass is 32.1. The number of carbonyl (C=O) groups excluding carboxylic acids is 1. The molecule has 1 saturated heterocycles. The minimum absolute atomic E-state index is 0.255. The summed E-state index contributed by atoms with van der Waals surface area (Å²) in [6.07, 6.45) is 2.45. The van der Waals surface area contributed by atoms with Gasteiger partial charge >= 0.3 is 0 Å². The van der Waals surface area contributed by atoms with E-state index in [1.54, 1.807) is 11.3 Å². The van der Waals surface area contributed by atoms with Crippen molar-refractivity contribution in [1.82, 2.24) is 4.90 Å². The second kappa shape index (κ2) is 4.06. The first-order chi connectivity index (χ1) is 7.12. The molecule has 0 unspecified atom stereocenters. The second-order valence-corrected chi connectivity index (χ2v) is 5.37. The van der Waals surface area contributed by atoms with Crippen LogP contribution in [0.25, 0.3) is 0 Å². The van der Waals surface area contributed by atoms with Crippen LogP contribution in [0.3, 0.4) is 0 Å². The molecule has 15 heavy (non-hydrogen) atoms. The van der Waals surface area contributed by atoms with Crippen LogP contribution in [0.15, 0.2) is 16.8 Å². The fourth-order valence-electron chi connectivity index (χ4n) is 2.17. The third kappa shape index (κ3) is 1.99. The molecule has 0 N–H and O–H groups in total. The van der Waals surface area contributed by atoms with Crippen molar-refractivity contribution in [2.75, 3.05) is 13.1 Å². The molecule has 0 aromatic carbocycles. The number of nitrogens with zero attached hydrogens (tertiary/aromatic N) is 1. The zero-order valence-corrected chi connectivity index (χ0v) is 10.1. The van der Waals surface area contributed by atoms with Crippen molar-refractivity contribution in [1.29, 1.82) is 0 Å². The van der Waals surface area contributed by atoms with E-state index < -0.39 is 0 Å². The summed E-state index contributed by atoms with van der Waals surface area (Å²) in [7, 11) is 0. The highest BCUT2D eigenvalue weighted by Gasteiger charge is 2.36. The molecular weight excluding hydrogens is 206 g/mol. The molecule has 0 atom stereocenters. The lowest BCUT2D eigenvalue weighted by Crippen LogP contribution is -2.48. The predicted octanol–water partition coefficient (Wildman–Crippen LogP) is 2.81. The van der Waals surface area contributed by atoms with Crippen LogP contribution in [0.5, 0.6) is 0 Å². The van der Waals surface area contributed by atoms with Gasteiger partial charge in [-0.2, -0.15) is 11.3 Å². The molecule has 1 aliphatic rings. The van der Waals surface area contributed by atoms with Crippen molar-refractivity contribution < 1.29 is 4.79 Å². The topological polar surface area (TPSA) is 20.3 Å². The van der Waals surface area contributed by atoms with Gasteiger partial charge in [0.2, 0.25) is 0 Å². The minimum atomic E-state index is -0.336. The maximum absolute atomic E-state index is 12.3. The number of ketones is 1. The van der Waals surface area contributed by atoms with Gasteiger partial charge in [-0.05, 0) is 51.2 Å². The molecule has 3 heteroatoms. The molecule has 0 aliphatic carbocycles. The van der Waals surface area contributed by atoms with Gasteiger partial charge in [0.15, 0.2) is 5.78 Å². The largest absolute Gasteiger partial charge is 0.292 e. The zero-order chi connectivity index (χ0) is 10.9. The van der Waals surface area contributed by atoms with Gasteiger partial charge in [0, 0.05) is 10.9 Å². The third-order valence-electron chi connectivity index (χ3n) is 3.24. The number of hydrogen-bond donors (Lipinski definition) is 0. The van der Waals surface area contributed by atoms with E-state index in [4.69, 9.17) is 0 Å². The van der Waals surface area contributed by atoms with Crippen LogP contribution < -0.4 is 0 Å². The Kier molecular flexibility index (Phi) is 2.94. The Labute approximate surface area is 94.9 Å². The molecule has 1 aromatic heterocycles. The van der Waals surface area contributed by atoms with Crippen LogP contribution in [-0.4, -0.2) is 29.3 Å². The minimum Gasteiger partial charge on any atom is -0.292 e. The van der Waals surface area contributed by atoms with Crippen LogP contribution in [-0.2, 0) is 0 Å². The summed E-state index contributed by atoms with van der Waals surface area (Å²) in [4.78, 5) is 14.6. The van der Waals surface area contributed by atoms with Crippen LogP contribution in [0.4, 0.5) is 0 Å². The number of Topliss-reactive ketones (excluding diaryl/α,β-unsaturated/α-hetero) is 1. The molecule has 2 nitrogen and oxygen atoms in total. The third-order valence-corrected chi connectivity index (χ3v) is 3.92. The lowest BCUT2D eigenvalue weighted by molar-refractivity contribution is 0.0703. The van der Waals surface area contributed by atoms with Gasteiger partial charge in [-0.1, -0.05) is 0 Å². The molecule has 0 spiro atoms. The number of likely N-dealkylation sites (tertiary alicyclic amines) is 1. The van der Waals surface area contributed by atoms with Gasteiger partial charge in [0.05, 0.1) is 5.54 Å². The highest BCUT2D eigenvalue weighted by Crippen LogP contribution is 2.25. The predicted molar refractivity (Wildman–Crippen MR) is 63.5 cm³/mol. The molecule has 2 heterocycles. The van der Waals surface area contributed by atoms with Gasteiger partial charge in [0.1, 0.15) is 0 Å². The Bertz CT molecular complexity index is 337. The van der Waals surface area contributed by atoms with Crippen molar-refractivity contribution in [2.45, 2.75) is 32.2 Å². The Hall–Kier alpha value is -0.670. The maximum Gasteiger partial charge on any atom is 0.183 e. The highest BCUT2D eigenvalue weighted by molar-refractivity contribution is 7.08. The van der Waals surface area contributed by atoms with Gasteiger partial charge in [-0.15, -0.1) is 0 Å². The molecular formula is C12H17NOS. The smallest absolute Gasteiger partial charge is 0.183 e. The summed E-state index contributed by atoms with van der Waals surface area (Å²) in [6, 6.07) is 1.92. The summed E-state index contributed by atoms with van der Waals surface area (Å²) in [5, 5.41) is 3.91. The zero-order valence-electron chi connectivity index (χ0n) is 9.32. The summed E-state index contributed by atoms with van der Waals surface area (Å²) < 4.78 is 0. The van der Waals surface area contributed by atoms with Crippen molar-refractivity contribution in [3.63, 3.8) is 0 Å². The van der Waals surface area contributed by atoms with E-state index in [2.05, 4.69) is 4.90 Å². The molecule has 2 rings (SSSR count). The Morgan fingerprint density at radius 3 is 2.60 bits per heavy atom. The van der Waals surface area contributed by atoms with E-state index in [1.807, 2.05) is 30.7 Å². The van der Waals surface area contributed by atoms with Gasteiger partial charge in [-0.25, -0.2) is 0 Å². The van der Waals surface area contributed by atoms with Crippen molar-refractivity contribution >= 4 is 17.1 Å². The summed E-state index contributed by atoms with van der Waals surface area (Å²) in [5.41, 5.74) is 0.523. The van der Waals surface area contributed by atoms with Gasteiger partial charge < -0.3 is 0 Å². The molecule has 0 saturated carbocycles. The van der Waals surface area contributed by atoms with E-state index >= 15 is 0 Å². The number of hydrogen-bond acceptors (Lipinski definition) is 3. The monoisotopic (exact) mass is 223 g/mol. The molecule has 1 aliphatic heterocycles. The summed E-state index contributed by atoms with van der Waals surface area (Å²) >= 11 is 1.59. The van der Waals surface area contributed by atoms with E-state index in [1.165, 1.54) is 12.8 Å². The maximum atomic E-state index is 12.3. The van der Waals surface area contributed by atoms with Crippen LogP contribution in [0, 0.1) is 0 Å². The van der Waals surface area contributed by atoms with E-state index in [0.717, 1.165) is 18.7 Å². The lowest BCUT2D eigenvalue weighted by atomic mass is 9.93. The van der Waals surface area contributed by atoms with E-state index in [-0.39, 0.29) is 11.3 Å². The molecule has 0 bridgehead atoms.